The summed E-state index contributed by atoms with van der Waals surface area (Å²) in [6.45, 7) is 2.08. The number of ketones is 1. The van der Waals surface area contributed by atoms with Crippen LogP contribution in [0, 0.1) is 6.92 Å². The Bertz CT molecular complexity index is 255. The summed E-state index contributed by atoms with van der Waals surface area (Å²) in [6, 6.07) is 0. The monoisotopic (exact) mass is 154 g/mol. The SMILES string of the molecule is Cc1cnc(C(=O)CCN)o1. The van der Waals surface area contributed by atoms with E-state index in [9.17, 15) is 4.79 Å². The summed E-state index contributed by atoms with van der Waals surface area (Å²) < 4.78 is 4.98. The first kappa shape index (κ1) is 7.94. The largest absolute Gasteiger partial charge is 0.439 e. The molecular formula is C7H10N2O2. The molecule has 0 amide bonds. The molecule has 4 nitrogen and oxygen atoms in total. The summed E-state index contributed by atoms with van der Waals surface area (Å²) in [4.78, 5) is 14.8. The third-order valence-electron chi connectivity index (χ3n) is 1.23. The van der Waals surface area contributed by atoms with Gasteiger partial charge in [0.25, 0.3) is 5.89 Å². The molecule has 0 unspecified atom stereocenters. The van der Waals surface area contributed by atoms with Gasteiger partial charge in [-0.1, -0.05) is 0 Å². The van der Waals surface area contributed by atoms with E-state index in [1.807, 2.05) is 0 Å². The van der Waals surface area contributed by atoms with Gasteiger partial charge in [0, 0.05) is 6.42 Å². The Labute approximate surface area is 64.4 Å². The topological polar surface area (TPSA) is 69.1 Å². The minimum Gasteiger partial charge on any atom is -0.439 e. The van der Waals surface area contributed by atoms with Crippen molar-refractivity contribution in [1.82, 2.24) is 4.98 Å². The third-order valence-corrected chi connectivity index (χ3v) is 1.23. The van der Waals surface area contributed by atoms with E-state index in [1.54, 1.807) is 6.92 Å². The lowest BCUT2D eigenvalue weighted by Gasteiger charge is -1.89. The number of Topliss-reactive ketones (excluding diaryl/α,β-unsaturated/α-hetero) is 1. The fraction of sp³-hybridized carbons (Fsp3) is 0.429. The van der Waals surface area contributed by atoms with E-state index in [0.717, 1.165) is 0 Å². The Morgan fingerprint density at radius 2 is 2.55 bits per heavy atom. The number of hydrogen-bond donors (Lipinski definition) is 1. The summed E-state index contributed by atoms with van der Waals surface area (Å²) in [7, 11) is 0. The summed E-state index contributed by atoms with van der Waals surface area (Å²) in [6.07, 6.45) is 1.81. The molecule has 0 fully saturated rings. The highest BCUT2D eigenvalue weighted by Gasteiger charge is 2.09. The molecule has 0 bridgehead atoms. The second-order valence-corrected chi connectivity index (χ2v) is 2.24. The predicted octanol–water partition coefficient (Wildman–Crippen LogP) is 0.515. The van der Waals surface area contributed by atoms with Gasteiger partial charge in [0.1, 0.15) is 5.76 Å². The third kappa shape index (κ3) is 1.88. The molecule has 0 saturated carbocycles. The van der Waals surface area contributed by atoms with Crippen LogP contribution in [0.4, 0.5) is 0 Å². The highest BCUT2D eigenvalue weighted by molar-refractivity contribution is 5.91. The van der Waals surface area contributed by atoms with Gasteiger partial charge in [-0.15, -0.1) is 0 Å². The Morgan fingerprint density at radius 3 is 3.00 bits per heavy atom. The van der Waals surface area contributed by atoms with Crippen LogP contribution < -0.4 is 5.73 Å². The Balaban J connectivity index is 2.69. The Morgan fingerprint density at radius 1 is 1.82 bits per heavy atom. The van der Waals surface area contributed by atoms with Crippen molar-refractivity contribution >= 4 is 5.78 Å². The zero-order valence-corrected chi connectivity index (χ0v) is 6.33. The molecule has 1 aromatic heterocycles. The first-order chi connectivity index (χ1) is 5.24. The number of aromatic nitrogens is 1. The molecule has 0 aliphatic rings. The van der Waals surface area contributed by atoms with Gasteiger partial charge in [-0.2, -0.15) is 0 Å². The minimum atomic E-state index is -0.138. The first-order valence-corrected chi connectivity index (χ1v) is 3.39. The highest BCUT2D eigenvalue weighted by Crippen LogP contribution is 2.03. The number of aryl methyl sites for hydroxylation is 1. The van der Waals surface area contributed by atoms with Gasteiger partial charge >= 0.3 is 0 Å². The van der Waals surface area contributed by atoms with E-state index < -0.39 is 0 Å². The van der Waals surface area contributed by atoms with Crippen molar-refractivity contribution in [2.24, 2.45) is 5.73 Å². The van der Waals surface area contributed by atoms with Crippen molar-refractivity contribution in [3.8, 4) is 0 Å². The number of carbonyl (C=O) groups is 1. The highest BCUT2D eigenvalue weighted by atomic mass is 16.4. The van der Waals surface area contributed by atoms with Crippen molar-refractivity contribution in [3.63, 3.8) is 0 Å². The number of rotatable bonds is 3. The number of carbonyl (C=O) groups excluding carboxylic acids is 1. The summed E-state index contributed by atoms with van der Waals surface area (Å²) in [5.74, 6) is 0.666. The molecular weight excluding hydrogens is 144 g/mol. The second kappa shape index (κ2) is 3.30. The molecule has 0 spiro atoms. The van der Waals surface area contributed by atoms with Crippen molar-refractivity contribution < 1.29 is 9.21 Å². The van der Waals surface area contributed by atoms with Crippen LogP contribution in [0.25, 0.3) is 0 Å². The maximum absolute atomic E-state index is 11.0. The molecule has 4 heteroatoms. The minimum absolute atomic E-state index is 0.138. The van der Waals surface area contributed by atoms with E-state index in [-0.39, 0.29) is 11.7 Å². The lowest BCUT2D eigenvalue weighted by atomic mass is 10.3. The molecule has 0 aliphatic carbocycles. The summed E-state index contributed by atoms with van der Waals surface area (Å²) >= 11 is 0. The van der Waals surface area contributed by atoms with E-state index >= 15 is 0 Å². The molecule has 0 saturated heterocycles. The number of hydrogen-bond acceptors (Lipinski definition) is 4. The molecule has 1 heterocycles. The lowest BCUT2D eigenvalue weighted by molar-refractivity contribution is 0.0950. The second-order valence-electron chi connectivity index (χ2n) is 2.24. The Kier molecular flexibility index (Phi) is 2.38. The van der Waals surface area contributed by atoms with Crippen LogP contribution in [-0.4, -0.2) is 17.3 Å². The molecule has 0 atom stereocenters. The van der Waals surface area contributed by atoms with Gasteiger partial charge in [0.15, 0.2) is 0 Å². The average molecular weight is 154 g/mol. The Hall–Kier alpha value is -1.16. The van der Waals surface area contributed by atoms with Crippen LogP contribution in [0.15, 0.2) is 10.6 Å². The normalized spacial score (nSPS) is 10.0. The van der Waals surface area contributed by atoms with Gasteiger partial charge in [0.2, 0.25) is 5.78 Å². The van der Waals surface area contributed by atoms with E-state index in [1.165, 1.54) is 6.20 Å². The van der Waals surface area contributed by atoms with Crippen LogP contribution in [-0.2, 0) is 0 Å². The van der Waals surface area contributed by atoms with Gasteiger partial charge in [-0.25, -0.2) is 4.98 Å². The van der Waals surface area contributed by atoms with Crippen LogP contribution in [0.3, 0.4) is 0 Å². The van der Waals surface area contributed by atoms with E-state index in [0.29, 0.717) is 18.7 Å². The van der Waals surface area contributed by atoms with Crippen molar-refractivity contribution in [2.45, 2.75) is 13.3 Å². The lowest BCUT2D eigenvalue weighted by Crippen LogP contribution is -2.08. The fourth-order valence-electron chi connectivity index (χ4n) is 0.722. The first-order valence-electron chi connectivity index (χ1n) is 3.39. The standard InChI is InChI=1S/C7H10N2O2/c1-5-4-9-7(11-5)6(10)2-3-8/h4H,2-3,8H2,1H3. The molecule has 1 rings (SSSR count). The van der Waals surface area contributed by atoms with E-state index in [2.05, 4.69) is 4.98 Å². The fourth-order valence-corrected chi connectivity index (χ4v) is 0.722. The molecule has 11 heavy (non-hydrogen) atoms. The van der Waals surface area contributed by atoms with E-state index in [4.69, 9.17) is 10.2 Å². The van der Waals surface area contributed by atoms with Gasteiger partial charge < -0.3 is 10.2 Å². The smallest absolute Gasteiger partial charge is 0.263 e. The van der Waals surface area contributed by atoms with Gasteiger partial charge in [-0.3, -0.25) is 4.79 Å². The van der Waals surface area contributed by atoms with Crippen LogP contribution in [0.2, 0.25) is 0 Å². The molecule has 0 aliphatic heterocycles. The zero-order valence-electron chi connectivity index (χ0n) is 6.33. The number of nitrogens with zero attached hydrogens (tertiary/aromatic N) is 1. The molecule has 60 valence electrons. The van der Waals surface area contributed by atoms with Gasteiger partial charge in [-0.05, 0) is 13.5 Å². The van der Waals surface area contributed by atoms with Crippen molar-refractivity contribution in [3.05, 3.63) is 17.8 Å². The zero-order chi connectivity index (χ0) is 8.27. The summed E-state index contributed by atoms with van der Waals surface area (Å²) in [5.41, 5.74) is 5.18. The number of nitrogens with two attached hydrogens (primary N) is 1. The maximum atomic E-state index is 11.0. The van der Waals surface area contributed by atoms with Crippen molar-refractivity contribution in [1.29, 1.82) is 0 Å². The molecule has 1 aromatic rings. The van der Waals surface area contributed by atoms with Gasteiger partial charge in [0.05, 0.1) is 6.20 Å². The van der Waals surface area contributed by atoms with Crippen LogP contribution in [0.1, 0.15) is 22.9 Å². The number of oxazole rings is 1. The molecule has 2 N–H and O–H groups in total. The average Bonchev–Trinajstić information content (AvgIpc) is 2.36. The molecule has 0 radical (unpaired) electrons. The predicted molar refractivity (Wildman–Crippen MR) is 39.2 cm³/mol. The molecule has 0 aromatic carbocycles. The van der Waals surface area contributed by atoms with Crippen LogP contribution in [0.5, 0.6) is 0 Å². The summed E-state index contributed by atoms with van der Waals surface area (Å²) in [5, 5.41) is 0. The quantitative estimate of drug-likeness (QED) is 0.644. The van der Waals surface area contributed by atoms with Crippen LogP contribution >= 0.6 is 0 Å². The maximum Gasteiger partial charge on any atom is 0.263 e. The van der Waals surface area contributed by atoms with Crippen molar-refractivity contribution in [2.75, 3.05) is 6.54 Å².